The van der Waals surface area contributed by atoms with E-state index >= 15 is 0 Å². The molecule has 0 bridgehead atoms. The highest BCUT2D eigenvalue weighted by atomic mass is 16.5. The van der Waals surface area contributed by atoms with Crippen LogP contribution in [0, 0.1) is 18.3 Å². The second-order valence-electron chi connectivity index (χ2n) is 4.05. The van der Waals surface area contributed by atoms with E-state index in [1.54, 1.807) is 31.2 Å². The fourth-order valence-electron chi connectivity index (χ4n) is 1.69. The van der Waals surface area contributed by atoms with E-state index in [9.17, 15) is 10.0 Å². The highest BCUT2D eigenvalue weighted by Gasteiger charge is 2.18. The predicted molar refractivity (Wildman–Crippen MR) is 68.0 cm³/mol. The number of para-hydroxylation sites is 1. The number of nitrogens with zero attached hydrogens (tertiary/aromatic N) is 2. The topological polar surface area (TPSA) is 75.2 Å². The normalized spacial score (nSPS) is 11.6. The monoisotopic (exact) mass is 256 g/mol. The Morgan fingerprint density at radius 3 is 2.63 bits per heavy atom. The summed E-state index contributed by atoms with van der Waals surface area (Å²) < 4.78 is 5.89. The lowest BCUT2D eigenvalue weighted by atomic mass is 10.2. The van der Waals surface area contributed by atoms with Crippen molar-refractivity contribution in [2.45, 2.75) is 13.0 Å². The number of pyridine rings is 1. The van der Waals surface area contributed by atoms with Crippen LogP contribution in [0.15, 0.2) is 47.3 Å². The first-order valence-corrected chi connectivity index (χ1v) is 5.66. The molecule has 96 valence electrons. The maximum Gasteiger partial charge on any atom is 0.283 e. The smallest absolute Gasteiger partial charge is 0.283 e. The first kappa shape index (κ1) is 12.7. The maximum absolute atomic E-state index is 11.5. The van der Waals surface area contributed by atoms with Crippen LogP contribution in [0.5, 0.6) is 5.75 Å². The van der Waals surface area contributed by atoms with Gasteiger partial charge in [0.25, 0.3) is 5.56 Å². The molecule has 1 aromatic heterocycles. The van der Waals surface area contributed by atoms with Gasteiger partial charge in [0.1, 0.15) is 17.5 Å². The maximum atomic E-state index is 11.5. The standard InChI is InChI=1S/C14H12N2O3/c1-10-7-12(16(18)14(17)8-10)13(9-15)19-11-5-3-2-4-6-11/h2-8,13,18H,1H3. The van der Waals surface area contributed by atoms with Crippen molar-refractivity contribution in [2.24, 2.45) is 0 Å². The summed E-state index contributed by atoms with van der Waals surface area (Å²) in [5.41, 5.74) is 0.172. The van der Waals surface area contributed by atoms with Crippen LogP contribution in [0.25, 0.3) is 0 Å². The quantitative estimate of drug-likeness (QED) is 0.852. The van der Waals surface area contributed by atoms with Crippen molar-refractivity contribution >= 4 is 0 Å². The number of hydrogen-bond acceptors (Lipinski definition) is 4. The summed E-state index contributed by atoms with van der Waals surface area (Å²) in [4.78, 5) is 11.5. The van der Waals surface area contributed by atoms with Crippen LogP contribution in [0.1, 0.15) is 17.4 Å². The van der Waals surface area contributed by atoms with Crippen LogP contribution >= 0.6 is 0 Å². The number of rotatable bonds is 3. The highest BCUT2D eigenvalue weighted by molar-refractivity contribution is 5.26. The van der Waals surface area contributed by atoms with E-state index in [0.717, 1.165) is 0 Å². The highest BCUT2D eigenvalue weighted by Crippen LogP contribution is 2.20. The minimum Gasteiger partial charge on any atom is -0.469 e. The van der Waals surface area contributed by atoms with Crippen molar-refractivity contribution < 1.29 is 9.94 Å². The number of ether oxygens (including phenoxy) is 1. The van der Waals surface area contributed by atoms with Gasteiger partial charge in [-0.15, -0.1) is 4.73 Å². The Hall–Kier alpha value is -2.74. The minimum atomic E-state index is -1.06. The van der Waals surface area contributed by atoms with Gasteiger partial charge in [-0.05, 0) is 30.7 Å². The molecule has 1 heterocycles. The van der Waals surface area contributed by atoms with E-state index in [-0.39, 0.29) is 5.69 Å². The second kappa shape index (κ2) is 5.27. The molecule has 0 saturated carbocycles. The molecule has 1 atom stereocenters. The third-order valence-electron chi connectivity index (χ3n) is 2.56. The first-order chi connectivity index (χ1) is 9.11. The van der Waals surface area contributed by atoms with Gasteiger partial charge < -0.3 is 9.94 Å². The van der Waals surface area contributed by atoms with Gasteiger partial charge in [-0.2, -0.15) is 5.26 Å². The summed E-state index contributed by atoms with van der Waals surface area (Å²) in [5, 5.41) is 18.8. The Morgan fingerprint density at radius 1 is 1.32 bits per heavy atom. The molecule has 0 radical (unpaired) electrons. The molecule has 19 heavy (non-hydrogen) atoms. The van der Waals surface area contributed by atoms with E-state index in [1.165, 1.54) is 12.1 Å². The zero-order valence-electron chi connectivity index (χ0n) is 10.3. The summed E-state index contributed by atoms with van der Waals surface area (Å²) >= 11 is 0. The number of aromatic nitrogens is 1. The van der Waals surface area contributed by atoms with E-state index in [2.05, 4.69) is 0 Å². The Kier molecular flexibility index (Phi) is 3.53. The zero-order valence-corrected chi connectivity index (χ0v) is 10.3. The van der Waals surface area contributed by atoms with Gasteiger partial charge in [0.05, 0.1) is 0 Å². The number of hydrogen-bond donors (Lipinski definition) is 1. The van der Waals surface area contributed by atoms with Crippen molar-refractivity contribution in [1.29, 1.82) is 5.26 Å². The molecule has 1 aromatic carbocycles. The fourth-order valence-corrected chi connectivity index (χ4v) is 1.69. The van der Waals surface area contributed by atoms with Gasteiger partial charge in [-0.3, -0.25) is 4.79 Å². The van der Waals surface area contributed by atoms with Gasteiger partial charge in [0, 0.05) is 6.07 Å². The molecule has 0 aliphatic carbocycles. The molecule has 0 saturated heterocycles. The average molecular weight is 256 g/mol. The van der Waals surface area contributed by atoms with Gasteiger partial charge in [0.2, 0.25) is 6.10 Å². The van der Waals surface area contributed by atoms with Gasteiger partial charge in [0.15, 0.2) is 0 Å². The lowest BCUT2D eigenvalue weighted by Crippen LogP contribution is -2.24. The van der Waals surface area contributed by atoms with Gasteiger partial charge >= 0.3 is 0 Å². The van der Waals surface area contributed by atoms with Crippen LogP contribution < -0.4 is 10.3 Å². The Labute approximate surface area is 109 Å². The largest absolute Gasteiger partial charge is 0.469 e. The molecule has 0 fully saturated rings. The molecular weight excluding hydrogens is 244 g/mol. The molecule has 0 aliphatic rings. The molecule has 0 amide bonds. The van der Waals surface area contributed by atoms with Crippen molar-refractivity contribution in [3.63, 3.8) is 0 Å². The summed E-state index contributed by atoms with van der Waals surface area (Å²) in [6, 6.07) is 13.5. The molecule has 2 rings (SSSR count). The van der Waals surface area contributed by atoms with Crippen LogP contribution in [0.3, 0.4) is 0 Å². The lowest BCUT2D eigenvalue weighted by Gasteiger charge is -2.14. The van der Waals surface area contributed by atoms with Crippen molar-refractivity contribution in [3.8, 4) is 11.8 Å². The van der Waals surface area contributed by atoms with Crippen LogP contribution in [0.4, 0.5) is 0 Å². The Morgan fingerprint density at radius 2 is 2.00 bits per heavy atom. The third kappa shape index (κ3) is 2.75. The van der Waals surface area contributed by atoms with Crippen molar-refractivity contribution in [2.75, 3.05) is 0 Å². The van der Waals surface area contributed by atoms with Crippen LogP contribution in [0.2, 0.25) is 0 Å². The summed E-state index contributed by atoms with van der Waals surface area (Å²) in [5.74, 6) is 0.489. The Bertz CT molecular complexity index is 671. The molecule has 2 aromatic rings. The third-order valence-corrected chi connectivity index (χ3v) is 2.56. The van der Waals surface area contributed by atoms with E-state index in [0.29, 0.717) is 16.0 Å². The summed E-state index contributed by atoms with van der Waals surface area (Å²) in [7, 11) is 0. The van der Waals surface area contributed by atoms with Gasteiger partial charge in [-0.1, -0.05) is 18.2 Å². The predicted octanol–water partition coefficient (Wildman–Crippen LogP) is 2.04. The SMILES string of the molecule is Cc1cc(C(C#N)Oc2ccccc2)n(O)c(=O)c1. The van der Waals surface area contributed by atoms with Gasteiger partial charge in [-0.25, -0.2) is 0 Å². The molecule has 5 heteroatoms. The molecule has 0 aliphatic heterocycles. The van der Waals surface area contributed by atoms with Crippen molar-refractivity contribution in [3.05, 3.63) is 64.1 Å². The Balaban J connectivity index is 2.39. The molecule has 0 spiro atoms. The fraction of sp³-hybridized carbons (Fsp3) is 0.143. The number of nitriles is 1. The second-order valence-corrected chi connectivity index (χ2v) is 4.05. The number of aryl methyl sites for hydroxylation is 1. The zero-order chi connectivity index (χ0) is 13.8. The first-order valence-electron chi connectivity index (χ1n) is 5.66. The molecular formula is C14H12N2O3. The number of benzene rings is 1. The summed E-state index contributed by atoms with van der Waals surface area (Å²) in [6.07, 6.45) is -1.06. The molecule has 1 N–H and O–H groups in total. The summed E-state index contributed by atoms with van der Waals surface area (Å²) in [6.45, 7) is 1.71. The average Bonchev–Trinajstić information content (AvgIpc) is 2.41. The van der Waals surface area contributed by atoms with Crippen LogP contribution in [-0.4, -0.2) is 9.94 Å². The molecule has 1 unspecified atom stereocenters. The van der Waals surface area contributed by atoms with E-state index in [1.807, 2.05) is 12.1 Å². The molecule has 5 nitrogen and oxygen atoms in total. The minimum absolute atomic E-state index is 0.108. The van der Waals surface area contributed by atoms with E-state index in [4.69, 9.17) is 10.00 Å². The lowest BCUT2D eigenvalue weighted by molar-refractivity contribution is 0.138. The van der Waals surface area contributed by atoms with Crippen LogP contribution in [-0.2, 0) is 0 Å². The van der Waals surface area contributed by atoms with E-state index < -0.39 is 11.7 Å². The van der Waals surface area contributed by atoms with Crippen molar-refractivity contribution in [1.82, 2.24) is 4.73 Å².